The van der Waals surface area contributed by atoms with Crippen molar-refractivity contribution in [3.8, 4) is 0 Å². The van der Waals surface area contributed by atoms with Gasteiger partial charge >= 0.3 is 5.97 Å². The highest BCUT2D eigenvalue weighted by molar-refractivity contribution is 6.31. The van der Waals surface area contributed by atoms with E-state index in [4.69, 9.17) is 11.6 Å². The largest absolute Gasteiger partial charge is 0.481 e. The summed E-state index contributed by atoms with van der Waals surface area (Å²) in [5.41, 5.74) is -0.779. The van der Waals surface area contributed by atoms with E-state index >= 15 is 0 Å². The Balaban J connectivity index is 2.12. The van der Waals surface area contributed by atoms with E-state index in [1.165, 1.54) is 23.1 Å². The van der Waals surface area contributed by atoms with Gasteiger partial charge in [0.1, 0.15) is 5.82 Å². The minimum absolute atomic E-state index is 0.146. The van der Waals surface area contributed by atoms with E-state index in [0.717, 1.165) is 0 Å². The molecule has 1 aromatic carbocycles. The normalized spacial score (nSPS) is 22.1. The lowest BCUT2D eigenvalue weighted by molar-refractivity contribution is -0.153. The second-order valence-electron chi connectivity index (χ2n) is 5.66. The maximum atomic E-state index is 13.7. The van der Waals surface area contributed by atoms with Gasteiger partial charge in [-0.3, -0.25) is 9.59 Å². The van der Waals surface area contributed by atoms with Gasteiger partial charge in [0.2, 0.25) is 5.91 Å². The Hall–Kier alpha value is -1.62. The molecule has 21 heavy (non-hydrogen) atoms. The summed E-state index contributed by atoms with van der Waals surface area (Å²) in [4.78, 5) is 25.1. The number of amides is 1. The topological polar surface area (TPSA) is 57.6 Å². The molecule has 0 radical (unpaired) electrons. The fourth-order valence-electron chi connectivity index (χ4n) is 2.59. The molecule has 1 amide bonds. The quantitative estimate of drug-likeness (QED) is 0.933. The molecule has 1 saturated heterocycles. The van der Waals surface area contributed by atoms with Gasteiger partial charge in [0, 0.05) is 23.7 Å². The van der Waals surface area contributed by atoms with Crippen molar-refractivity contribution in [1.82, 2.24) is 4.90 Å². The van der Waals surface area contributed by atoms with Gasteiger partial charge in [-0.15, -0.1) is 0 Å². The highest BCUT2D eigenvalue weighted by atomic mass is 35.5. The fourth-order valence-corrected chi connectivity index (χ4v) is 2.82. The van der Waals surface area contributed by atoms with Gasteiger partial charge in [-0.2, -0.15) is 0 Å². The smallest absolute Gasteiger partial charge is 0.311 e. The number of nitrogens with zero attached hydrogens (tertiary/aromatic N) is 1. The molecule has 1 unspecified atom stereocenters. The second kappa shape index (κ2) is 6.02. The van der Waals surface area contributed by atoms with Crippen molar-refractivity contribution in [2.45, 2.75) is 26.2 Å². The molecular formula is C15H17ClFNO3. The summed E-state index contributed by atoms with van der Waals surface area (Å²) in [5.74, 6) is -1.73. The highest BCUT2D eigenvalue weighted by Gasteiger charge is 2.39. The third-order valence-corrected chi connectivity index (χ3v) is 4.31. The van der Waals surface area contributed by atoms with Crippen LogP contribution in [-0.2, 0) is 16.0 Å². The average molecular weight is 314 g/mol. The first-order valence-corrected chi connectivity index (χ1v) is 7.15. The predicted molar refractivity (Wildman–Crippen MR) is 76.7 cm³/mol. The van der Waals surface area contributed by atoms with E-state index in [0.29, 0.717) is 19.4 Å². The number of piperidine rings is 1. The van der Waals surface area contributed by atoms with E-state index in [2.05, 4.69) is 0 Å². The first kappa shape index (κ1) is 15.8. The minimum Gasteiger partial charge on any atom is -0.481 e. The summed E-state index contributed by atoms with van der Waals surface area (Å²) < 4.78 is 13.7. The van der Waals surface area contributed by atoms with Crippen LogP contribution in [0.1, 0.15) is 25.3 Å². The molecule has 0 aromatic heterocycles. The van der Waals surface area contributed by atoms with Crippen molar-refractivity contribution in [1.29, 1.82) is 0 Å². The number of carboxylic acid groups (broad SMARTS) is 1. The van der Waals surface area contributed by atoms with Crippen LogP contribution in [0.2, 0.25) is 5.02 Å². The molecule has 0 saturated carbocycles. The molecule has 1 aliphatic heterocycles. The molecule has 114 valence electrons. The maximum absolute atomic E-state index is 13.7. The van der Waals surface area contributed by atoms with Crippen LogP contribution in [0, 0.1) is 11.2 Å². The van der Waals surface area contributed by atoms with E-state index in [9.17, 15) is 19.1 Å². The first-order chi connectivity index (χ1) is 9.83. The third kappa shape index (κ3) is 3.35. The van der Waals surface area contributed by atoms with Gasteiger partial charge in [0.05, 0.1) is 11.8 Å². The lowest BCUT2D eigenvalue weighted by Gasteiger charge is -2.37. The van der Waals surface area contributed by atoms with Gasteiger partial charge in [-0.25, -0.2) is 4.39 Å². The van der Waals surface area contributed by atoms with E-state index in [1.54, 1.807) is 6.92 Å². The second-order valence-corrected chi connectivity index (χ2v) is 6.07. The Morgan fingerprint density at radius 3 is 2.81 bits per heavy atom. The Kier molecular flexibility index (Phi) is 4.52. The van der Waals surface area contributed by atoms with Crippen LogP contribution in [0.15, 0.2) is 18.2 Å². The monoisotopic (exact) mass is 313 g/mol. The SMILES string of the molecule is CC1(C(=O)O)CCCN(C(=O)Cc2c(F)cccc2Cl)C1. The van der Waals surface area contributed by atoms with E-state index in [-0.39, 0.29) is 29.5 Å². The van der Waals surface area contributed by atoms with Crippen molar-refractivity contribution in [2.75, 3.05) is 13.1 Å². The number of rotatable bonds is 3. The van der Waals surface area contributed by atoms with Crippen LogP contribution in [0.3, 0.4) is 0 Å². The third-order valence-electron chi connectivity index (χ3n) is 3.96. The van der Waals surface area contributed by atoms with Gasteiger partial charge < -0.3 is 10.0 Å². The van der Waals surface area contributed by atoms with Gasteiger partial charge in [-0.1, -0.05) is 17.7 Å². The number of carboxylic acids is 1. The molecule has 6 heteroatoms. The molecule has 0 spiro atoms. The van der Waals surface area contributed by atoms with Crippen molar-refractivity contribution in [3.05, 3.63) is 34.6 Å². The van der Waals surface area contributed by atoms with Crippen LogP contribution in [0.4, 0.5) is 4.39 Å². The summed E-state index contributed by atoms with van der Waals surface area (Å²) in [5, 5.41) is 9.47. The van der Waals surface area contributed by atoms with E-state index in [1.807, 2.05) is 0 Å². The standard InChI is InChI=1S/C15H17ClFNO3/c1-15(14(20)21)6-3-7-18(9-15)13(19)8-10-11(16)4-2-5-12(10)17/h2,4-5H,3,6-9H2,1H3,(H,20,21). The Morgan fingerprint density at radius 2 is 2.19 bits per heavy atom. The molecule has 1 heterocycles. The average Bonchev–Trinajstić information content (AvgIpc) is 2.43. The predicted octanol–water partition coefficient (Wildman–Crippen LogP) is 2.73. The number of aliphatic carboxylic acids is 1. The number of likely N-dealkylation sites (tertiary alicyclic amines) is 1. The molecule has 1 fully saturated rings. The molecular weight excluding hydrogens is 297 g/mol. The molecule has 1 aromatic rings. The van der Waals surface area contributed by atoms with Crippen molar-refractivity contribution in [2.24, 2.45) is 5.41 Å². The minimum atomic E-state index is -0.938. The molecule has 1 atom stereocenters. The zero-order valence-corrected chi connectivity index (χ0v) is 12.5. The molecule has 2 rings (SSSR count). The molecule has 0 aliphatic carbocycles. The number of carbonyl (C=O) groups is 2. The summed E-state index contributed by atoms with van der Waals surface area (Å²) in [6.45, 7) is 2.27. The van der Waals surface area contributed by atoms with E-state index < -0.39 is 17.2 Å². The Morgan fingerprint density at radius 1 is 1.48 bits per heavy atom. The summed E-state index contributed by atoms with van der Waals surface area (Å²) in [6, 6.07) is 4.27. The zero-order valence-electron chi connectivity index (χ0n) is 11.7. The van der Waals surface area contributed by atoms with Crippen LogP contribution in [0.25, 0.3) is 0 Å². The van der Waals surface area contributed by atoms with Crippen molar-refractivity contribution in [3.63, 3.8) is 0 Å². The lowest BCUT2D eigenvalue weighted by atomic mass is 9.82. The zero-order chi connectivity index (χ0) is 15.6. The maximum Gasteiger partial charge on any atom is 0.311 e. The number of carbonyl (C=O) groups excluding carboxylic acids is 1. The van der Waals surface area contributed by atoms with Crippen LogP contribution in [-0.4, -0.2) is 35.0 Å². The van der Waals surface area contributed by atoms with Gasteiger partial charge in [-0.05, 0) is 31.9 Å². The van der Waals surface area contributed by atoms with Gasteiger partial charge in [0.15, 0.2) is 0 Å². The van der Waals surface area contributed by atoms with Crippen LogP contribution < -0.4 is 0 Å². The highest BCUT2D eigenvalue weighted by Crippen LogP contribution is 2.30. The number of hydrogen-bond donors (Lipinski definition) is 1. The summed E-state index contributed by atoms with van der Waals surface area (Å²) >= 11 is 5.91. The van der Waals surface area contributed by atoms with Crippen LogP contribution in [0.5, 0.6) is 0 Å². The van der Waals surface area contributed by atoms with Crippen molar-refractivity contribution >= 4 is 23.5 Å². The number of hydrogen-bond acceptors (Lipinski definition) is 2. The molecule has 0 bridgehead atoms. The summed E-state index contributed by atoms with van der Waals surface area (Å²) in [7, 11) is 0. The number of benzene rings is 1. The van der Waals surface area contributed by atoms with Gasteiger partial charge in [0.25, 0.3) is 0 Å². The Labute approximate surface area is 127 Å². The molecule has 1 aliphatic rings. The lowest BCUT2D eigenvalue weighted by Crippen LogP contribution is -2.48. The Bertz CT molecular complexity index is 558. The molecule has 1 N–H and O–H groups in total. The van der Waals surface area contributed by atoms with Crippen LogP contribution >= 0.6 is 11.6 Å². The molecule has 4 nitrogen and oxygen atoms in total. The fraction of sp³-hybridized carbons (Fsp3) is 0.467. The summed E-state index contributed by atoms with van der Waals surface area (Å²) in [6.07, 6.45) is 1.01. The number of halogens is 2. The van der Waals surface area contributed by atoms with Crippen molar-refractivity contribution < 1.29 is 19.1 Å². The first-order valence-electron chi connectivity index (χ1n) is 6.77.